The highest BCUT2D eigenvalue weighted by atomic mass is 35.5. The molecule has 2 heterocycles. The number of amides is 2. The van der Waals surface area contributed by atoms with E-state index in [9.17, 15) is 9.59 Å². The van der Waals surface area contributed by atoms with Gasteiger partial charge < -0.3 is 10.1 Å². The lowest BCUT2D eigenvalue weighted by Gasteiger charge is -2.23. The summed E-state index contributed by atoms with van der Waals surface area (Å²) in [7, 11) is 1.63. The number of carbonyl (C=O) groups is 2. The van der Waals surface area contributed by atoms with Crippen molar-refractivity contribution in [3.05, 3.63) is 101 Å². The van der Waals surface area contributed by atoms with Crippen LogP contribution in [0.25, 0.3) is 16.9 Å². The average molecular weight is 575 g/mol. The number of nitrogens with one attached hydrogen (secondary N) is 1. The first-order valence-electron chi connectivity index (χ1n) is 13.1. The van der Waals surface area contributed by atoms with Crippen LogP contribution in [0.4, 0.5) is 5.82 Å². The van der Waals surface area contributed by atoms with Gasteiger partial charge >= 0.3 is 0 Å². The Morgan fingerprint density at radius 1 is 1.10 bits per heavy atom. The number of ether oxygens (including phenoxy) is 1. The lowest BCUT2D eigenvalue weighted by molar-refractivity contribution is -0.122. The summed E-state index contributed by atoms with van der Waals surface area (Å²) in [5.74, 6) is 0.398. The minimum atomic E-state index is -0.237. The van der Waals surface area contributed by atoms with Crippen LogP contribution in [0.15, 0.2) is 78.9 Å². The van der Waals surface area contributed by atoms with Gasteiger partial charge in [-0.05, 0) is 43.2 Å². The number of carbonyl (C=O) groups excluding carboxylic acids is 2. The van der Waals surface area contributed by atoms with E-state index < -0.39 is 0 Å². The maximum atomic E-state index is 13.8. The molecule has 7 nitrogen and oxygen atoms in total. The Hall–Kier alpha value is -3.59. The zero-order valence-electron chi connectivity index (χ0n) is 22.5. The fraction of sp³-hybridized carbons (Fsp3) is 0.258. The molecule has 1 aliphatic heterocycles. The van der Waals surface area contributed by atoms with E-state index in [1.165, 1.54) is 11.8 Å². The molecule has 0 radical (unpaired) electrons. The van der Waals surface area contributed by atoms with Crippen LogP contribution in [-0.2, 0) is 14.3 Å². The lowest BCUT2D eigenvalue weighted by Crippen LogP contribution is -2.42. The second-order valence-corrected chi connectivity index (χ2v) is 11.2. The maximum absolute atomic E-state index is 13.8. The Kier molecular flexibility index (Phi) is 8.89. The molecular weight excluding hydrogens is 544 g/mol. The van der Waals surface area contributed by atoms with Crippen molar-refractivity contribution in [2.24, 2.45) is 0 Å². The first-order chi connectivity index (χ1) is 19.5. The molecule has 0 aliphatic carbocycles. The largest absolute Gasteiger partial charge is 0.385 e. The molecule has 40 heavy (non-hydrogen) atoms. The number of thioether (sulfide) groups is 1. The van der Waals surface area contributed by atoms with Crippen LogP contribution in [0.1, 0.15) is 28.4 Å². The van der Waals surface area contributed by atoms with E-state index in [4.69, 9.17) is 21.4 Å². The number of nitrogens with zero attached hydrogens (tertiary/aromatic N) is 3. The molecule has 5 rings (SSSR count). The predicted molar refractivity (Wildman–Crippen MR) is 161 cm³/mol. The summed E-state index contributed by atoms with van der Waals surface area (Å²) in [6.07, 6.45) is 0.688. The van der Waals surface area contributed by atoms with E-state index >= 15 is 0 Å². The molecule has 1 aromatic heterocycles. The SMILES string of the molecule is COCCCNC(=O)CN1C(=O)CS[C@H](c2cccc(Cl)c2)c2c(-c3ccccc3)nn(-c3ccc(C)cc3)c21. The van der Waals surface area contributed by atoms with E-state index in [0.717, 1.165) is 33.6 Å². The van der Waals surface area contributed by atoms with E-state index in [0.29, 0.717) is 30.4 Å². The second-order valence-electron chi connectivity index (χ2n) is 9.62. The number of aryl methyl sites for hydroxylation is 1. The van der Waals surface area contributed by atoms with Crippen molar-refractivity contribution < 1.29 is 14.3 Å². The molecule has 9 heteroatoms. The molecule has 2 amide bonds. The van der Waals surface area contributed by atoms with Crippen molar-refractivity contribution in [2.75, 3.05) is 37.5 Å². The third-order valence-corrected chi connectivity index (χ3v) is 8.21. The summed E-state index contributed by atoms with van der Waals surface area (Å²) in [6.45, 7) is 2.92. The minimum Gasteiger partial charge on any atom is -0.385 e. The third kappa shape index (κ3) is 6.09. The van der Waals surface area contributed by atoms with Gasteiger partial charge in [-0.25, -0.2) is 4.68 Å². The standard InChI is InChI=1S/C31H31ClN4O3S/c1-21-12-14-25(15-13-21)36-31-28(29(34-36)22-8-4-3-5-9-22)30(23-10-6-11-24(32)18-23)40-20-27(38)35(31)19-26(37)33-16-7-17-39-2/h3-6,8-15,18,30H,7,16-17,19-20H2,1-2H3,(H,33,37)/t30-/m1/s1. The van der Waals surface area contributed by atoms with E-state index in [-0.39, 0.29) is 29.4 Å². The Morgan fingerprint density at radius 3 is 2.60 bits per heavy atom. The zero-order valence-corrected chi connectivity index (χ0v) is 24.0. The molecule has 0 saturated carbocycles. The van der Waals surface area contributed by atoms with Gasteiger partial charge in [0.15, 0.2) is 0 Å². The quantitative estimate of drug-likeness (QED) is 0.255. The summed E-state index contributed by atoms with van der Waals surface area (Å²) in [5, 5.41) is 8.42. The number of hydrogen-bond acceptors (Lipinski definition) is 5. The van der Waals surface area contributed by atoms with Crippen LogP contribution in [-0.4, -0.2) is 54.2 Å². The van der Waals surface area contributed by atoms with Gasteiger partial charge in [0, 0.05) is 36.4 Å². The van der Waals surface area contributed by atoms with Crippen LogP contribution >= 0.6 is 23.4 Å². The topological polar surface area (TPSA) is 76.5 Å². The van der Waals surface area contributed by atoms with Gasteiger partial charge in [0.25, 0.3) is 0 Å². The molecule has 0 spiro atoms. The Morgan fingerprint density at radius 2 is 1.88 bits per heavy atom. The summed E-state index contributed by atoms with van der Waals surface area (Å²) >= 11 is 7.95. The Balaban J connectivity index is 1.71. The van der Waals surface area contributed by atoms with Crippen LogP contribution < -0.4 is 10.2 Å². The number of anilines is 1. The Labute approximate surface area is 243 Å². The van der Waals surface area contributed by atoms with Gasteiger partial charge in [0.1, 0.15) is 12.4 Å². The molecule has 1 aliphatic rings. The van der Waals surface area contributed by atoms with Gasteiger partial charge in [0.2, 0.25) is 11.8 Å². The monoisotopic (exact) mass is 574 g/mol. The second kappa shape index (κ2) is 12.7. The van der Waals surface area contributed by atoms with Crippen molar-refractivity contribution in [1.82, 2.24) is 15.1 Å². The summed E-state index contributed by atoms with van der Waals surface area (Å²) < 4.78 is 6.90. The fourth-order valence-electron chi connectivity index (χ4n) is 4.77. The van der Waals surface area contributed by atoms with Gasteiger partial charge in [0.05, 0.1) is 22.4 Å². The first kappa shape index (κ1) is 28.0. The number of benzene rings is 3. The number of fused-ring (bicyclic) bond motifs is 1. The number of hydrogen-bond donors (Lipinski definition) is 1. The van der Waals surface area contributed by atoms with E-state index in [1.807, 2.05) is 85.8 Å². The van der Waals surface area contributed by atoms with Crippen LogP contribution in [0.3, 0.4) is 0 Å². The molecule has 4 aromatic rings. The molecule has 206 valence electrons. The van der Waals surface area contributed by atoms with Gasteiger partial charge in [-0.1, -0.05) is 71.8 Å². The number of halogens is 1. The maximum Gasteiger partial charge on any atom is 0.240 e. The fourth-order valence-corrected chi connectivity index (χ4v) is 6.16. The molecule has 0 fully saturated rings. The summed E-state index contributed by atoms with van der Waals surface area (Å²) in [4.78, 5) is 28.4. The van der Waals surface area contributed by atoms with Gasteiger partial charge in [-0.2, -0.15) is 5.10 Å². The number of rotatable bonds is 9. The highest BCUT2D eigenvalue weighted by molar-refractivity contribution is 8.00. The van der Waals surface area contributed by atoms with Crippen molar-refractivity contribution in [1.29, 1.82) is 0 Å². The minimum absolute atomic E-state index is 0.118. The summed E-state index contributed by atoms with van der Waals surface area (Å²) in [6, 6.07) is 25.7. The average Bonchev–Trinajstić information content (AvgIpc) is 3.28. The van der Waals surface area contributed by atoms with Crippen LogP contribution in [0.5, 0.6) is 0 Å². The molecule has 0 saturated heterocycles. The summed E-state index contributed by atoms with van der Waals surface area (Å²) in [5.41, 5.74) is 5.44. The van der Waals surface area contributed by atoms with Crippen molar-refractivity contribution in [3.63, 3.8) is 0 Å². The molecule has 0 bridgehead atoms. The molecule has 0 unspecified atom stereocenters. The van der Waals surface area contributed by atoms with E-state index in [2.05, 4.69) is 5.32 Å². The zero-order chi connectivity index (χ0) is 28.1. The van der Waals surface area contributed by atoms with Crippen LogP contribution in [0.2, 0.25) is 5.02 Å². The predicted octanol–water partition coefficient (Wildman–Crippen LogP) is 5.82. The lowest BCUT2D eigenvalue weighted by atomic mass is 9.99. The molecular formula is C31H31ClN4O3S. The molecule has 1 atom stereocenters. The van der Waals surface area contributed by atoms with Gasteiger partial charge in [-0.3, -0.25) is 14.5 Å². The van der Waals surface area contributed by atoms with Crippen LogP contribution in [0, 0.1) is 6.92 Å². The molecule has 1 N–H and O–H groups in total. The smallest absolute Gasteiger partial charge is 0.240 e. The van der Waals surface area contributed by atoms with Crippen molar-refractivity contribution in [3.8, 4) is 16.9 Å². The first-order valence-corrected chi connectivity index (χ1v) is 14.6. The number of methoxy groups -OCH3 is 1. The highest BCUT2D eigenvalue weighted by Crippen LogP contribution is 2.48. The highest BCUT2D eigenvalue weighted by Gasteiger charge is 2.37. The van der Waals surface area contributed by atoms with Gasteiger partial charge in [-0.15, -0.1) is 11.8 Å². The normalized spacial score (nSPS) is 15.0. The Bertz CT molecular complexity index is 1490. The van der Waals surface area contributed by atoms with Crippen molar-refractivity contribution in [2.45, 2.75) is 18.6 Å². The third-order valence-electron chi connectivity index (χ3n) is 6.72. The molecule has 3 aromatic carbocycles. The van der Waals surface area contributed by atoms with Crippen molar-refractivity contribution >= 4 is 41.0 Å². The van der Waals surface area contributed by atoms with E-state index in [1.54, 1.807) is 16.7 Å². The number of aromatic nitrogens is 2.